The maximum absolute atomic E-state index is 12.7. The summed E-state index contributed by atoms with van der Waals surface area (Å²) in [6.45, 7) is 2.88. The fourth-order valence-electron chi connectivity index (χ4n) is 3.68. The maximum Gasteiger partial charge on any atom is 0.308 e. The molecule has 0 unspecified atom stereocenters. The number of aliphatic carboxylic acids is 1. The molecule has 1 amide bonds. The highest BCUT2D eigenvalue weighted by molar-refractivity contribution is 5.95. The van der Waals surface area contributed by atoms with Crippen LogP contribution in [0, 0.1) is 12.8 Å². The molecule has 2 heterocycles. The highest BCUT2D eigenvalue weighted by Gasteiger charge is 2.30. The summed E-state index contributed by atoms with van der Waals surface area (Å²) in [5.41, 5.74) is 1.53. The summed E-state index contributed by atoms with van der Waals surface area (Å²) in [6.07, 6.45) is 7.75. The van der Waals surface area contributed by atoms with Crippen LogP contribution in [-0.4, -0.2) is 44.8 Å². The minimum atomic E-state index is -0.809. The van der Waals surface area contributed by atoms with Crippen LogP contribution in [0.4, 0.5) is 0 Å². The van der Waals surface area contributed by atoms with Crippen molar-refractivity contribution in [1.29, 1.82) is 0 Å². The molecule has 3 rings (SSSR count). The van der Waals surface area contributed by atoms with Gasteiger partial charge < -0.3 is 10.0 Å². The molecule has 1 N–H and O–H groups in total. The van der Waals surface area contributed by atoms with Gasteiger partial charge in [0.1, 0.15) is 0 Å². The number of hydrogen-bond acceptors (Lipinski definition) is 3. The number of hydrogen-bond donors (Lipinski definition) is 1. The van der Waals surface area contributed by atoms with Gasteiger partial charge in [-0.3, -0.25) is 14.3 Å². The van der Waals surface area contributed by atoms with Gasteiger partial charge in [0.05, 0.1) is 23.7 Å². The molecule has 1 aromatic rings. The lowest BCUT2D eigenvalue weighted by atomic mass is 9.97. The molecule has 120 valence electrons. The van der Waals surface area contributed by atoms with Crippen molar-refractivity contribution in [3.8, 4) is 0 Å². The van der Waals surface area contributed by atoms with E-state index in [9.17, 15) is 9.59 Å². The predicted molar refractivity (Wildman–Crippen MR) is 80.7 cm³/mol. The maximum atomic E-state index is 12.7. The Labute approximate surface area is 130 Å². The number of amides is 1. The summed E-state index contributed by atoms with van der Waals surface area (Å²) in [6, 6.07) is 0.412. The number of rotatable bonds is 3. The largest absolute Gasteiger partial charge is 0.481 e. The second kappa shape index (κ2) is 6.10. The smallest absolute Gasteiger partial charge is 0.308 e. The number of likely N-dealkylation sites (tertiary alicyclic amines) is 1. The van der Waals surface area contributed by atoms with Crippen LogP contribution in [-0.2, 0) is 4.79 Å². The van der Waals surface area contributed by atoms with Crippen LogP contribution in [0.2, 0.25) is 0 Å². The molecule has 0 bridgehead atoms. The fourth-order valence-corrected chi connectivity index (χ4v) is 3.68. The molecule has 6 heteroatoms. The highest BCUT2D eigenvalue weighted by Crippen LogP contribution is 2.31. The Morgan fingerprint density at radius 1 is 1.23 bits per heavy atom. The molecular weight excluding hydrogens is 282 g/mol. The van der Waals surface area contributed by atoms with Crippen LogP contribution in [0.25, 0.3) is 0 Å². The van der Waals surface area contributed by atoms with Crippen molar-refractivity contribution in [3.05, 3.63) is 17.5 Å². The number of carboxylic acid groups (broad SMARTS) is 1. The third kappa shape index (κ3) is 2.74. The number of carbonyl (C=O) groups excluding carboxylic acids is 1. The predicted octanol–water partition coefficient (Wildman–Crippen LogP) is 2.24. The Bertz CT molecular complexity index is 575. The summed E-state index contributed by atoms with van der Waals surface area (Å²) in [4.78, 5) is 25.5. The molecule has 1 saturated heterocycles. The first-order chi connectivity index (χ1) is 10.6. The first-order valence-electron chi connectivity index (χ1n) is 8.14. The Kier molecular flexibility index (Phi) is 4.18. The van der Waals surface area contributed by atoms with Gasteiger partial charge >= 0.3 is 5.97 Å². The molecule has 1 aromatic heterocycles. The van der Waals surface area contributed by atoms with Gasteiger partial charge in [-0.05, 0) is 32.6 Å². The van der Waals surface area contributed by atoms with E-state index in [1.54, 1.807) is 11.1 Å². The van der Waals surface area contributed by atoms with Gasteiger partial charge in [0, 0.05) is 18.8 Å². The molecule has 22 heavy (non-hydrogen) atoms. The van der Waals surface area contributed by atoms with E-state index in [0.717, 1.165) is 25.0 Å². The first-order valence-corrected chi connectivity index (χ1v) is 8.14. The lowest BCUT2D eigenvalue weighted by Crippen LogP contribution is -2.42. The average molecular weight is 305 g/mol. The summed E-state index contributed by atoms with van der Waals surface area (Å²) in [5.74, 6) is -1.33. The summed E-state index contributed by atoms with van der Waals surface area (Å²) in [7, 11) is 0. The van der Waals surface area contributed by atoms with Crippen molar-refractivity contribution < 1.29 is 14.7 Å². The van der Waals surface area contributed by atoms with Gasteiger partial charge in [0.15, 0.2) is 0 Å². The zero-order valence-electron chi connectivity index (χ0n) is 13.0. The molecule has 1 aliphatic heterocycles. The van der Waals surface area contributed by atoms with Gasteiger partial charge in [0.2, 0.25) is 0 Å². The first kappa shape index (κ1) is 15.1. The molecule has 0 spiro atoms. The summed E-state index contributed by atoms with van der Waals surface area (Å²) < 4.78 is 1.98. The quantitative estimate of drug-likeness (QED) is 0.929. The minimum Gasteiger partial charge on any atom is -0.481 e. The van der Waals surface area contributed by atoms with Crippen LogP contribution in [0.5, 0.6) is 0 Å². The average Bonchev–Trinajstić information content (AvgIpc) is 3.16. The van der Waals surface area contributed by atoms with Crippen LogP contribution in [0.3, 0.4) is 0 Å². The van der Waals surface area contributed by atoms with E-state index >= 15 is 0 Å². The van der Waals surface area contributed by atoms with Crippen molar-refractivity contribution in [2.45, 2.75) is 51.5 Å². The molecule has 0 aromatic carbocycles. The summed E-state index contributed by atoms with van der Waals surface area (Å²) in [5, 5.41) is 13.6. The second-order valence-corrected chi connectivity index (χ2v) is 6.46. The standard InChI is InChI=1S/C16H23N3O3/c1-11-14(9-17-19(11)13-6-2-3-7-13)15(20)18-8-4-5-12(10-18)16(21)22/h9,12-13H,2-8,10H2,1H3,(H,21,22)/t12-/m0/s1. The molecule has 6 nitrogen and oxygen atoms in total. The Balaban J connectivity index is 1.76. The molecule has 2 aliphatic rings. The third-order valence-corrected chi connectivity index (χ3v) is 5.00. The van der Waals surface area contributed by atoms with E-state index in [-0.39, 0.29) is 5.91 Å². The molecule has 1 atom stereocenters. The number of aromatic nitrogens is 2. The van der Waals surface area contributed by atoms with Gasteiger partial charge in [-0.1, -0.05) is 12.8 Å². The van der Waals surface area contributed by atoms with Crippen LogP contribution in [0.1, 0.15) is 60.6 Å². The van der Waals surface area contributed by atoms with E-state index in [0.29, 0.717) is 31.1 Å². The van der Waals surface area contributed by atoms with Gasteiger partial charge in [-0.25, -0.2) is 0 Å². The lowest BCUT2D eigenvalue weighted by Gasteiger charge is -2.30. The Hall–Kier alpha value is -1.85. The summed E-state index contributed by atoms with van der Waals surface area (Å²) >= 11 is 0. The van der Waals surface area contributed by atoms with Crippen molar-refractivity contribution in [2.24, 2.45) is 5.92 Å². The second-order valence-electron chi connectivity index (χ2n) is 6.46. The van der Waals surface area contributed by atoms with Crippen LogP contribution < -0.4 is 0 Å². The minimum absolute atomic E-state index is 0.0762. The van der Waals surface area contributed by atoms with Crippen molar-refractivity contribution in [2.75, 3.05) is 13.1 Å². The van der Waals surface area contributed by atoms with Gasteiger partial charge in [-0.15, -0.1) is 0 Å². The third-order valence-electron chi connectivity index (χ3n) is 5.00. The van der Waals surface area contributed by atoms with Crippen LogP contribution >= 0.6 is 0 Å². The van der Waals surface area contributed by atoms with Crippen molar-refractivity contribution in [1.82, 2.24) is 14.7 Å². The highest BCUT2D eigenvalue weighted by atomic mass is 16.4. The molecule has 2 fully saturated rings. The monoisotopic (exact) mass is 305 g/mol. The van der Waals surface area contributed by atoms with E-state index in [1.165, 1.54) is 12.8 Å². The molecule has 1 aliphatic carbocycles. The number of piperidine rings is 1. The zero-order chi connectivity index (χ0) is 15.7. The molecule has 0 radical (unpaired) electrons. The van der Waals surface area contributed by atoms with Gasteiger partial charge in [0.25, 0.3) is 5.91 Å². The normalized spacial score (nSPS) is 23.0. The zero-order valence-corrected chi connectivity index (χ0v) is 13.0. The SMILES string of the molecule is Cc1c(C(=O)N2CCC[C@H](C(=O)O)C2)cnn1C1CCCC1. The Morgan fingerprint density at radius 3 is 2.64 bits per heavy atom. The van der Waals surface area contributed by atoms with E-state index in [2.05, 4.69) is 5.10 Å². The number of nitrogens with zero attached hydrogens (tertiary/aromatic N) is 3. The van der Waals surface area contributed by atoms with E-state index in [1.807, 2.05) is 11.6 Å². The molecule has 1 saturated carbocycles. The van der Waals surface area contributed by atoms with Crippen LogP contribution in [0.15, 0.2) is 6.20 Å². The Morgan fingerprint density at radius 2 is 1.95 bits per heavy atom. The van der Waals surface area contributed by atoms with Gasteiger partial charge in [-0.2, -0.15) is 5.10 Å². The van der Waals surface area contributed by atoms with Crippen molar-refractivity contribution >= 4 is 11.9 Å². The van der Waals surface area contributed by atoms with E-state index in [4.69, 9.17) is 5.11 Å². The lowest BCUT2D eigenvalue weighted by molar-refractivity contribution is -0.143. The molecular formula is C16H23N3O3. The number of carboxylic acids is 1. The van der Waals surface area contributed by atoms with Crippen molar-refractivity contribution in [3.63, 3.8) is 0 Å². The topological polar surface area (TPSA) is 75.4 Å². The fraction of sp³-hybridized carbons (Fsp3) is 0.688. The number of carbonyl (C=O) groups is 2. The van der Waals surface area contributed by atoms with E-state index < -0.39 is 11.9 Å².